The molecule has 1 N–H and O–H groups in total. The summed E-state index contributed by atoms with van der Waals surface area (Å²) in [5.41, 5.74) is -1.81. The van der Waals surface area contributed by atoms with Crippen LogP contribution in [0.4, 0.5) is 26.3 Å². The van der Waals surface area contributed by atoms with Crippen molar-refractivity contribution >= 4 is 5.91 Å². The number of rotatable bonds is 6. The molecular formula is C31H30F6N2O. The lowest BCUT2D eigenvalue weighted by atomic mass is 9.60. The predicted molar refractivity (Wildman–Crippen MR) is 139 cm³/mol. The molecule has 9 heteroatoms. The van der Waals surface area contributed by atoms with E-state index in [0.717, 1.165) is 31.5 Å². The molecule has 0 radical (unpaired) electrons. The van der Waals surface area contributed by atoms with Gasteiger partial charge in [0.2, 0.25) is 5.91 Å². The highest BCUT2D eigenvalue weighted by atomic mass is 19.4. The molecule has 3 aromatic rings. The maximum atomic E-state index is 13.6. The number of hydrogen-bond acceptors (Lipinski definition) is 2. The first-order valence-corrected chi connectivity index (χ1v) is 13.4. The van der Waals surface area contributed by atoms with Crippen molar-refractivity contribution in [3.63, 3.8) is 0 Å². The molecule has 2 aliphatic rings. The summed E-state index contributed by atoms with van der Waals surface area (Å²) in [6.45, 7) is 1.37. The van der Waals surface area contributed by atoms with Crippen molar-refractivity contribution in [2.75, 3.05) is 13.1 Å². The molecule has 5 rings (SSSR count). The van der Waals surface area contributed by atoms with Gasteiger partial charge in [0.15, 0.2) is 0 Å². The van der Waals surface area contributed by atoms with E-state index in [9.17, 15) is 31.1 Å². The van der Waals surface area contributed by atoms with Crippen LogP contribution in [0.3, 0.4) is 0 Å². The second-order valence-corrected chi connectivity index (χ2v) is 10.8. The van der Waals surface area contributed by atoms with E-state index in [1.165, 1.54) is 5.56 Å². The molecule has 1 heterocycles. The lowest BCUT2D eigenvalue weighted by Crippen LogP contribution is -2.60. The third-order valence-corrected chi connectivity index (χ3v) is 8.35. The number of carbonyl (C=O) groups excluding carboxylic acids is 1. The number of halogens is 6. The van der Waals surface area contributed by atoms with Crippen molar-refractivity contribution in [2.24, 2.45) is 0 Å². The first kappa shape index (κ1) is 28.2. The fourth-order valence-electron chi connectivity index (χ4n) is 6.11. The summed E-state index contributed by atoms with van der Waals surface area (Å²) in [7, 11) is 0. The Hall–Kier alpha value is -3.33. The number of benzene rings is 3. The first-order valence-electron chi connectivity index (χ1n) is 13.4. The molecular weight excluding hydrogens is 530 g/mol. The molecule has 3 aromatic carbocycles. The topological polar surface area (TPSA) is 32.3 Å². The van der Waals surface area contributed by atoms with Crippen molar-refractivity contribution in [1.82, 2.24) is 10.2 Å². The molecule has 0 spiro atoms. The Morgan fingerprint density at radius 3 is 1.85 bits per heavy atom. The molecule has 2 fully saturated rings. The molecule has 1 aliphatic carbocycles. The maximum absolute atomic E-state index is 13.6. The Morgan fingerprint density at radius 1 is 0.800 bits per heavy atom. The van der Waals surface area contributed by atoms with Crippen LogP contribution >= 0.6 is 0 Å². The summed E-state index contributed by atoms with van der Waals surface area (Å²) in [5.74, 6) is 0.105. The molecule has 0 aromatic heterocycles. The van der Waals surface area contributed by atoms with Crippen molar-refractivity contribution < 1.29 is 31.1 Å². The van der Waals surface area contributed by atoms with E-state index in [2.05, 4.69) is 22.3 Å². The van der Waals surface area contributed by atoms with Crippen LogP contribution in [0, 0.1) is 0 Å². The molecule has 40 heavy (non-hydrogen) atoms. The van der Waals surface area contributed by atoms with E-state index in [0.29, 0.717) is 30.9 Å². The lowest BCUT2D eigenvalue weighted by Gasteiger charge is -2.52. The zero-order valence-corrected chi connectivity index (χ0v) is 21.7. The third kappa shape index (κ3) is 5.89. The summed E-state index contributed by atoms with van der Waals surface area (Å²) in [5, 5.41) is 2.66. The van der Waals surface area contributed by atoms with Crippen LogP contribution in [0.2, 0.25) is 0 Å². The second-order valence-electron chi connectivity index (χ2n) is 10.8. The minimum atomic E-state index is -4.94. The van der Waals surface area contributed by atoms with Gasteiger partial charge in [0, 0.05) is 12.6 Å². The van der Waals surface area contributed by atoms with Crippen molar-refractivity contribution in [3.8, 4) is 0 Å². The van der Waals surface area contributed by atoms with E-state index in [-0.39, 0.29) is 23.6 Å². The van der Waals surface area contributed by atoms with Crippen LogP contribution in [0.15, 0.2) is 78.9 Å². The van der Waals surface area contributed by atoms with Crippen LogP contribution in [-0.4, -0.2) is 29.9 Å². The molecule has 1 aliphatic heterocycles. The number of amides is 1. The highest BCUT2D eigenvalue weighted by molar-refractivity contribution is 5.89. The van der Waals surface area contributed by atoms with Crippen LogP contribution in [-0.2, 0) is 29.1 Å². The van der Waals surface area contributed by atoms with Gasteiger partial charge in [-0.1, -0.05) is 60.7 Å². The van der Waals surface area contributed by atoms with Crippen molar-refractivity contribution in [2.45, 2.75) is 62.0 Å². The highest BCUT2D eigenvalue weighted by Crippen LogP contribution is 2.48. The van der Waals surface area contributed by atoms with E-state index in [4.69, 9.17) is 0 Å². The standard InChI is InChI=1S/C31H30F6N2O/c32-30(33,34)25-15-21(16-26(17-25)31(35,36)37)20-38-28(40)29(24-9-5-2-6-10-24)18-27(19-29)39-13-11-23(12-14-39)22-7-3-1-4-8-22/h1-10,15-17,23,27H,11-14,18-20H2,(H,38,40). The molecule has 1 saturated carbocycles. The van der Waals surface area contributed by atoms with Gasteiger partial charge in [-0.05, 0) is 79.6 Å². The average Bonchev–Trinajstić information content (AvgIpc) is 2.92. The number of hydrogen-bond donors (Lipinski definition) is 1. The minimum absolute atomic E-state index is 0.0915. The molecule has 0 bridgehead atoms. The number of piperidine rings is 1. The quantitative estimate of drug-likeness (QED) is 0.321. The molecule has 212 valence electrons. The number of nitrogens with one attached hydrogen (secondary N) is 1. The summed E-state index contributed by atoms with van der Waals surface area (Å²) < 4.78 is 79.7. The monoisotopic (exact) mass is 560 g/mol. The van der Waals surface area contributed by atoms with Gasteiger partial charge in [0.05, 0.1) is 16.5 Å². The Balaban J connectivity index is 1.29. The average molecular weight is 561 g/mol. The van der Waals surface area contributed by atoms with E-state index in [1.54, 1.807) is 0 Å². The zero-order valence-electron chi connectivity index (χ0n) is 21.7. The number of carbonyl (C=O) groups is 1. The molecule has 1 saturated heterocycles. The SMILES string of the molecule is O=C(NCc1cc(C(F)(F)F)cc(C(F)(F)F)c1)C1(c2ccccc2)CC(N2CCC(c3ccccc3)CC2)C1. The van der Waals surface area contributed by atoms with Crippen LogP contribution in [0.25, 0.3) is 0 Å². The Morgan fingerprint density at radius 2 is 1.32 bits per heavy atom. The van der Waals surface area contributed by atoms with E-state index in [1.807, 2.05) is 48.5 Å². The largest absolute Gasteiger partial charge is 0.416 e. The molecule has 1 amide bonds. The van der Waals surface area contributed by atoms with Gasteiger partial charge in [0.25, 0.3) is 0 Å². The van der Waals surface area contributed by atoms with Gasteiger partial charge in [-0.25, -0.2) is 0 Å². The number of alkyl halides is 6. The van der Waals surface area contributed by atoms with Gasteiger partial charge in [-0.3, -0.25) is 4.79 Å². The normalized spacial score (nSPS) is 22.5. The van der Waals surface area contributed by atoms with Crippen LogP contribution in [0.5, 0.6) is 0 Å². The molecule has 3 nitrogen and oxygen atoms in total. The van der Waals surface area contributed by atoms with Gasteiger partial charge < -0.3 is 10.2 Å². The smallest absolute Gasteiger partial charge is 0.351 e. The first-order chi connectivity index (χ1) is 19.0. The fraction of sp³-hybridized carbons (Fsp3) is 0.387. The van der Waals surface area contributed by atoms with Crippen molar-refractivity contribution in [1.29, 1.82) is 0 Å². The van der Waals surface area contributed by atoms with Crippen molar-refractivity contribution in [3.05, 3.63) is 107 Å². The summed E-state index contributed by atoms with van der Waals surface area (Å²) in [6.07, 6.45) is -6.78. The Bertz CT molecular complexity index is 1280. The third-order valence-electron chi connectivity index (χ3n) is 8.35. The molecule has 0 atom stereocenters. The second kappa shape index (κ2) is 10.9. The van der Waals surface area contributed by atoms with Gasteiger partial charge in [0.1, 0.15) is 0 Å². The van der Waals surface area contributed by atoms with E-state index < -0.39 is 35.4 Å². The summed E-state index contributed by atoms with van der Waals surface area (Å²) in [6, 6.07) is 21.2. The fourth-order valence-corrected chi connectivity index (χ4v) is 6.11. The minimum Gasteiger partial charge on any atom is -0.351 e. The summed E-state index contributed by atoms with van der Waals surface area (Å²) in [4.78, 5) is 16.0. The van der Waals surface area contributed by atoms with Gasteiger partial charge in [-0.2, -0.15) is 26.3 Å². The Labute approximate surface area is 229 Å². The Kier molecular flexibility index (Phi) is 7.70. The maximum Gasteiger partial charge on any atom is 0.416 e. The zero-order chi connectivity index (χ0) is 28.5. The van der Waals surface area contributed by atoms with E-state index >= 15 is 0 Å². The van der Waals surface area contributed by atoms with Gasteiger partial charge in [-0.15, -0.1) is 0 Å². The summed E-state index contributed by atoms with van der Waals surface area (Å²) >= 11 is 0. The number of likely N-dealkylation sites (tertiary alicyclic amines) is 1. The predicted octanol–water partition coefficient (Wildman–Crippen LogP) is 7.32. The van der Waals surface area contributed by atoms with Crippen LogP contribution in [0.1, 0.15) is 59.4 Å². The number of nitrogens with zero attached hydrogens (tertiary/aromatic N) is 1. The van der Waals surface area contributed by atoms with Gasteiger partial charge >= 0.3 is 12.4 Å². The molecule has 0 unspecified atom stereocenters. The highest BCUT2D eigenvalue weighted by Gasteiger charge is 2.53. The van der Waals surface area contributed by atoms with Crippen LogP contribution < -0.4 is 5.32 Å². The lowest BCUT2D eigenvalue weighted by molar-refractivity contribution is -0.143.